The Kier molecular flexibility index (Phi) is 5.05. The lowest BCUT2D eigenvalue weighted by atomic mass is 10.0. The van der Waals surface area contributed by atoms with Crippen molar-refractivity contribution in [3.8, 4) is 23.0 Å². The Morgan fingerprint density at radius 3 is 2.50 bits per heavy atom. The molecule has 1 atom stereocenters. The minimum Gasteiger partial charge on any atom is -0.507 e. The SMILES string of the molecule is Cc1c(C)c2c(c(C)c1O)SCC(C)(c1nnc(CCc3ccc(O)c(O)c3)o1)O2. The van der Waals surface area contributed by atoms with Gasteiger partial charge < -0.3 is 24.5 Å². The summed E-state index contributed by atoms with van der Waals surface area (Å²) in [6, 6.07) is 4.72. The summed E-state index contributed by atoms with van der Waals surface area (Å²) in [4.78, 5) is 0.944. The summed E-state index contributed by atoms with van der Waals surface area (Å²) < 4.78 is 12.3. The zero-order valence-corrected chi connectivity index (χ0v) is 18.1. The Morgan fingerprint density at radius 1 is 1.00 bits per heavy atom. The summed E-state index contributed by atoms with van der Waals surface area (Å²) in [5.74, 6) is 2.24. The van der Waals surface area contributed by atoms with Crippen molar-refractivity contribution in [1.29, 1.82) is 0 Å². The number of ether oxygens (including phenoxy) is 1. The molecule has 0 saturated carbocycles. The van der Waals surface area contributed by atoms with Crippen LogP contribution in [0.4, 0.5) is 0 Å². The highest BCUT2D eigenvalue weighted by Crippen LogP contribution is 2.50. The molecule has 0 saturated heterocycles. The molecule has 1 aliphatic rings. The average Bonchev–Trinajstić information content (AvgIpc) is 3.21. The van der Waals surface area contributed by atoms with E-state index in [2.05, 4.69) is 10.2 Å². The van der Waals surface area contributed by atoms with E-state index < -0.39 is 5.60 Å². The minimum atomic E-state index is -0.777. The molecule has 1 unspecified atom stereocenters. The second-order valence-electron chi connectivity index (χ2n) is 7.83. The average molecular weight is 429 g/mol. The van der Waals surface area contributed by atoms with Gasteiger partial charge in [-0.1, -0.05) is 6.07 Å². The number of phenols is 3. The van der Waals surface area contributed by atoms with E-state index in [-0.39, 0.29) is 11.5 Å². The van der Waals surface area contributed by atoms with Crippen molar-refractivity contribution in [3.05, 3.63) is 52.2 Å². The van der Waals surface area contributed by atoms with E-state index in [0.29, 0.717) is 36.1 Å². The van der Waals surface area contributed by atoms with Crippen molar-refractivity contribution in [3.63, 3.8) is 0 Å². The van der Waals surface area contributed by atoms with E-state index in [0.717, 1.165) is 32.9 Å². The van der Waals surface area contributed by atoms with Gasteiger partial charge in [-0.2, -0.15) is 0 Å². The number of hydrogen-bond donors (Lipinski definition) is 3. The molecular formula is C22H24N2O5S. The van der Waals surface area contributed by atoms with Gasteiger partial charge in [-0.25, -0.2) is 0 Å². The van der Waals surface area contributed by atoms with Gasteiger partial charge in [-0.15, -0.1) is 22.0 Å². The van der Waals surface area contributed by atoms with Gasteiger partial charge in [-0.3, -0.25) is 0 Å². The third-order valence-electron chi connectivity index (χ3n) is 5.57. The molecule has 30 heavy (non-hydrogen) atoms. The normalized spacial score (nSPS) is 18.1. The molecule has 158 valence electrons. The van der Waals surface area contributed by atoms with Crippen LogP contribution in [0.15, 0.2) is 27.5 Å². The monoisotopic (exact) mass is 428 g/mol. The Hall–Kier alpha value is -2.87. The summed E-state index contributed by atoms with van der Waals surface area (Å²) >= 11 is 1.61. The van der Waals surface area contributed by atoms with Crippen LogP contribution in [-0.4, -0.2) is 31.3 Å². The molecule has 1 aromatic heterocycles. The zero-order chi connectivity index (χ0) is 21.6. The van der Waals surface area contributed by atoms with Crippen molar-refractivity contribution in [2.75, 3.05) is 5.75 Å². The predicted molar refractivity (Wildman–Crippen MR) is 112 cm³/mol. The zero-order valence-electron chi connectivity index (χ0n) is 17.3. The molecule has 7 nitrogen and oxygen atoms in total. The second kappa shape index (κ2) is 7.43. The standard InChI is InChI=1S/C22H24N2O5S/c1-11-12(2)19-20(13(3)18(11)27)30-10-22(4,29-19)21-24-23-17(28-21)8-6-14-5-7-15(25)16(26)9-14/h5,7,9,25-27H,6,8,10H2,1-4H3. The van der Waals surface area contributed by atoms with E-state index >= 15 is 0 Å². The predicted octanol–water partition coefficient (Wildman–Crippen LogP) is 4.30. The topological polar surface area (TPSA) is 109 Å². The van der Waals surface area contributed by atoms with E-state index in [9.17, 15) is 15.3 Å². The van der Waals surface area contributed by atoms with E-state index in [1.807, 2.05) is 27.7 Å². The highest BCUT2D eigenvalue weighted by atomic mass is 32.2. The fraction of sp³-hybridized carbons (Fsp3) is 0.364. The van der Waals surface area contributed by atoms with Gasteiger partial charge in [0, 0.05) is 17.7 Å². The molecule has 0 bridgehead atoms. The molecule has 2 aromatic carbocycles. The Labute approximate surface area is 178 Å². The summed E-state index contributed by atoms with van der Waals surface area (Å²) in [7, 11) is 0. The van der Waals surface area contributed by atoms with Crippen LogP contribution in [0.1, 0.15) is 41.0 Å². The molecule has 1 aliphatic heterocycles. The fourth-order valence-corrected chi connectivity index (χ4v) is 4.73. The third-order valence-corrected chi connectivity index (χ3v) is 7.04. The van der Waals surface area contributed by atoms with Crippen LogP contribution in [-0.2, 0) is 18.4 Å². The lowest BCUT2D eigenvalue weighted by Gasteiger charge is -2.34. The van der Waals surface area contributed by atoms with Crippen LogP contribution >= 0.6 is 11.8 Å². The first-order valence-corrected chi connectivity index (χ1v) is 10.7. The number of benzene rings is 2. The molecule has 4 rings (SSSR count). The van der Waals surface area contributed by atoms with Crippen LogP contribution < -0.4 is 4.74 Å². The van der Waals surface area contributed by atoms with Crippen molar-refractivity contribution in [1.82, 2.24) is 10.2 Å². The Morgan fingerprint density at radius 2 is 1.77 bits per heavy atom. The highest BCUT2D eigenvalue weighted by Gasteiger charge is 2.41. The molecule has 0 radical (unpaired) electrons. The van der Waals surface area contributed by atoms with Gasteiger partial charge in [0.1, 0.15) is 11.5 Å². The quantitative estimate of drug-likeness (QED) is 0.528. The van der Waals surface area contributed by atoms with Gasteiger partial charge in [-0.05, 0) is 62.9 Å². The summed E-state index contributed by atoms with van der Waals surface area (Å²) in [5, 5.41) is 37.8. The van der Waals surface area contributed by atoms with Gasteiger partial charge >= 0.3 is 0 Å². The van der Waals surface area contributed by atoms with Crippen molar-refractivity contribution in [2.45, 2.75) is 51.0 Å². The molecule has 3 N–H and O–H groups in total. The lowest BCUT2D eigenvalue weighted by molar-refractivity contribution is 0.0713. The van der Waals surface area contributed by atoms with Crippen LogP contribution in [0.5, 0.6) is 23.0 Å². The molecule has 8 heteroatoms. The number of aryl methyl sites for hydroxylation is 2. The van der Waals surface area contributed by atoms with Crippen LogP contribution in [0.25, 0.3) is 0 Å². The maximum absolute atomic E-state index is 10.3. The molecular weight excluding hydrogens is 404 g/mol. The summed E-state index contributed by atoms with van der Waals surface area (Å²) in [6.45, 7) is 7.64. The van der Waals surface area contributed by atoms with E-state index in [4.69, 9.17) is 9.15 Å². The molecule has 3 aromatic rings. The first kappa shape index (κ1) is 20.4. The maximum atomic E-state index is 10.3. The number of thioether (sulfide) groups is 1. The number of hydrogen-bond acceptors (Lipinski definition) is 8. The van der Waals surface area contributed by atoms with Crippen LogP contribution in [0, 0.1) is 20.8 Å². The first-order valence-electron chi connectivity index (χ1n) is 9.68. The van der Waals surface area contributed by atoms with Gasteiger partial charge in [0.05, 0.1) is 4.90 Å². The minimum absolute atomic E-state index is 0.145. The van der Waals surface area contributed by atoms with E-state index in [1.54, 1.807) is 17.8 Å². The number of phenolic OH excluding ortho intramolecular Hbond substituents is 3. The number of fused-ring (bicyclic) bond motifs is 1. The molecule has 0 amide bonds. The maximum Gasteiger partial charge on any atom is 0.260 e. The lowest BCUT2D eigenvalue weighted by Crippen LogP contribution is -2.36. The van der Waals surface area contributed by atoms with Crippen molar-refractivity contribution >= 4 is 11.8 Å². The Bertz CT molecular complexity index is 1130. The molecule has 0 aliphatic carbocycles. The first-order chi connectivity index (χ1) is 14.2. The molecule has 0 fully saturated rings. The van der Waals surface area contributed by atoms with Crippen molar-refractivity contribution < 1.29 is 24.5 Å². The summed E-state index contributed by atoms with van der Waals surface area (Å²) in [6.07, 6.45) is 1.09. The van der Waals surface area contributed by atoms with Crippen LogP contribution in [0.2, 0.25) is 0 Å². The largest absolute Gasteiger partial charge is 0.507 e. The number of rotatable bonds is 4. The van der Waals surface area contributed by atoms with Gasteiger partial charge in [0.25, 0.3) is 5.89 Å². The number of aromatic hydroxyl groups is 3. The third kappa shape index (κ3) is 3.45. The van der Waals surface area contributed by atoms with Gasteiger partial charge in [0.2, 0.25) is 5.89 Å². The van der Waals surface area contributed by atoms with E-state index in [1.165, 1.54) is 12.1 Å². The summed E-state index contributed by atoms with van der Waals surface area (Å²) in [5.41, 5.74) is 2.61. The molecule has 0 spiro atoms. The second-order valence-corrected chi connectivity index (χ2v) is 8.81. The fourth-order valence-electron chi connectivity index (χ4n) is 3.49. The smallest absolute Gasteiger partial charge is 0.260 e. The van der Waals surface area contributed by atoms with Crippen LogP contribution in [0.3, 0.4) is 0 Å². The number of nitrogens with zero attached hydrogens (tertiary/aromatic N) is 2. The number of aromatic nitrogens is 2. The van der Waals surface area contributed by atoms with Gasteiger partial charge in [0.15, 0.2) is 17.1 Å². The molecule has 2 heterocycles. The van der Waals surface area contributed by atoms with Crippen molar-refractivity contribution in [2.24, 2.45) is 0 Å². The highest BCUT2D eigenvalue weighted by molar-refractivity contribution is 7.99. The Balaban J connectivity index is 1.54.